The van der Waals surface area contributed by atoms with Crippen LogP contribution in [0.5, 0.6) is 0 Å². The van der Waals surface area contributed by atoms with Crippen LogP contribution in [0.3, 0.4) is 0 Å². The zero-order chi connectivity index (χ0) is 26.6. The van der Waals surface area contributed by atoms with E-state index in [9.17, 15) is 5.26 Å². The minimum absolute atomic E-state index is 0.640. The molecule has 184 valence electrons. The van der Waals surface area contributed by atoms with Crippen LogP contribution in [0.1, 0.15) is 5.56 Å². The Morgan fingerprint density at radius 3 is 1.85 bits per heavy atom. The molecule has 0 atom stereocenters. The number of aromatic nitrogens is 2. The quantitative estimate of drug-likeness (QED) is 0.228. The van der Waals surface area contributed by atoms with E-state index in [1.54, 1.807) is 0 Å². The van der Waals surface area contributed by atoms with Gasteiger partial charge in [0.05, 0.1) is 23.0 Å². The zero-order valence-electron chi connectivity index (χ0n) is 20.9. The van der Waals surface area contributed by atoms with Crippen molar-refractivity contribution in [3.8, 4) is 62.2 Å². The van der Waals surface area contributed by atoms with E-state index in [0.717, 1.165) is 50.3 Å². The van der Waals surface area contributed by atoms with Gasteiger partial charge in [0.15, 0.2) is 5.82 Å². The maximum Gasteiger partial charge on any atom is 0.160 e. The molecule has 1 heterocycles. The van der Waals surface area contributed by atoms with Gasteiger partial charge in [-0.15, -0.1) is 0 Å². The van der Waals surface area contributed by atoms with Crippen LogP contribution >= 0.6 is 11.6 Å². The number of nitriles is 1. The maximum absolute atomic E-state index is 9.28. The Labute approximate surface area is 232 Å². The van der Waals surface area contributed by atoms with Crippen LogP contribution in [0.25, 0.3) is 56.2 Å². The van der Waals surface area contributed by atoms with Gasteiger partial charge < -0.3 is 0 Å². The first-order chi connectivity index (χ1) is 19.2. The van der Waals surface area contributed by atoms with E-state index in [-0.39, 0.29) is 0 Å². The Hall–Kier alpha value is -5.04. The average Bonchev–Trinajstić information content (AvgIpc) is 3.01. The molecule has 0 unspecified atom stereocenters. The number of halogens is 1. The topological polar surface area (TPSA) is 49.6 Å². The number of hydrogen-bond acceptors (Lipinski definition) is 3. The first-order valence-electron chi connectivity index (χ1n) is 12.6. The molecule has 0 bridgehead atoms. The van der Waals surface area contributed by atoms with E-state index in [1.165, 1.54) is 0 Å². The smallest absolute Gasteiger partial charge is 0.160 e. The van der Waals surface area contributed by atoms with Gasteiger partial charge in [-0.3, -0.25) is 0 Å². The monoisotopic (exact) mass is 519 g/mol. The van der Waals surface area contributed by atoms with Crippen molar-refractivity contribution in [2.75, 3.05) is 0 Å². The number of nitrogens with zero attached hydrogens (tertiary/aromatic N) is 3. The van der Waals surface area contributed by atoms with Crippen LogP contribution in [0.15, 0.2) is 133 Å². The van der Waals surface area contributed by atoms with Crippen LogP contribution in [-0.2, 0) is 0 Å². The predicted octanol–water partition coefficient (Wildman–Crippen LogP) is 9.34. The number of benzene rings is 5. The lowest BCUT2D eigenvalue weighted by Crippen LogP contribution is -1.97. The largest absolute Gasteiger partial charge is 0.228 e. The van der Waals surface area contributed by atoms with Gasteiger partial charge in [0, 0.05) is 27.3 Å². The van der Waals surface area contributed by atoms with E-state index >= 15 is 0 Å². The first kappa shape index (κ1) is 24.3. The molecule has 0 amide bonds. The second-order valence-electron chi connectivity index (χ2n) is 9.12. The molecule has 6 rings (SSSR count). The third-order valence-electron chi connectivity index (χ3n) is 6.63. The summed E-state index contributed by atoms with van der Waals surface area (Å²) < 4.78 is 0. The van der Waals surface area contributed by atoms with Crippen molar-refractivity contribution in [3.05, 3.63) is 144 Å². The highest BCUT2D eigenvalue weighted by Gasteiger charge is 2.15. The Bertz CT molecular complexity index is 1820. The van der Waals surface area contributed by atoms with Crippen molar-refractivity contribution in [3.63, 3.8) is 0 Å². The highest BCUT2D eigenvalue weighted by molar-refractivity contribution is 6.33. The van der Waals surface area contributed by atoms with Gasteiger partial charge in [0.2, 0.25) is 0 Å². The molecule has 0 saturated carbocycles. The minimum atomic E-state index is 0.640. The molecular formula is C35H22ClN3. The predicted molar refractivity (Wildman–Crippen MR) is 159 cm³/mol. The first-order valence-corrected chi connectivity index (χ1v) is 13.0. The SMILES string of the molecule is N#Cc1cccc(-c2ccc(-c3cc(-c4ccccc4-c4ccccc4Cl)nc(-c4ccccc4)n3)cc2)c1. The number of hydrogen-bond donors (Lipinski definition) is 0. The Morgan fingerprint density at radius 2 is 1.10 bits per heavy atom. The third-order valence-corrected chi connectivity index (χ3v) is 6.96. The summed E-state index contributed by atoms with van der Waals surface area (Å²) in [4.78, 5) is 9.98. The Balaban J connectivity index is 1.49. The van der Waals surface area contributed by atoms with E-state index in [1.807, 2.05) is 97.1 Å². The van der Waals surface area contributed by atoms with Crippen molar-refractivity contribution in [1.29, 1.82) is 5.26 Å². The average molecular weight is 520 g/mol. The molecule has 5 aromatic carbocycles. The fourth-order valence-corrected chi connectivity index (χ4v) is 4.91. The van der Waals surface area contributed by atoms with Crippen molar-refractivity contribution in [1.82, 2.24) is 9.97 Å². The maximum atomic E-state index is 9.28. The summed E-state index contributed by atoms with van der Waals surface area (Å²) in [6, 6.07) is 46.2. The summed E-state index contributed by atoms with van der Waals surface area (Å²) in [6.45, 7) is 0. The molecule has 0 spiro atoms. The van der Waals surface area contributed by atoms with Crippen LogP contribution in [0, 0.1) is 11.3 Å². The normalized spacial score (nSPS) is 10.7. The van der Waals surface area contributed by atoms with Crippen LogP contribution < -0.4 is 0 Å². The summed E-state index contributed by atoms with van der Waals surface area (Å²) >= 11 is 6.61. The fraction of sp³-hybridized carbons (Fsp3) is 0. The Morgan fingerprint density at radius 1 is 0.487 bits per heavy atom. The molecule has 3 nitrogen and oxygen atoms in total. The molecule has 0 saturated heterocycles. The van der Waals surface area contributed by atoms with Gasteiger partial charge in [-0.05, 0) is 41.0 Å². The van der Waals surface area contributed by atoms with Crippen molar-refractivity contribution < 1.29 is 0 Å². The highest BCUT2D eigenvalue weighted by atomic mass is 35.5. The number of rotatable bonds is 5. The third kappa shape index (κ3) is 5.07. The fourth-order valence-electron chi connectivity index (χ4n) is 4.67. The molecule has 0 aliphatic heterocycles. The van der Waals surface area contributed by atoms with Gasteiger partial charge in [-0.2, -0.15) is 5.26 Å². The Kier molecular flexibility index (Phi) is 6.70. The summed E-state index contributed by atoms with van der Waals surface area (Å²) in [6.07, 6.45) is 0. The van der Waals surface area contributed by atoms with Gasteiger partial charge in [-0.1, -0.05) is 121 Å². The molecule has 0 radical (unpaired) electrons. The van der Waals surface area contributed by atoms with Crippen molar-refractivity contribution in [2.45, 2.75) is 0 Å². The van der Waals surface area contributed by atoms with Gasteiger partial charge in [0.1, 0.15) is 0 Å². The van der Waals surface area contributed by atoms with E-state index < -0.39 is 0 Å². The molecule has 0 aliphatic rings. The second kappa shape index (κ2) is 10.8. The van der Waals surface area contributed by atoms with Gasteiger partial charge in [-0.25, -0.2) is 9.97 Å². The summed E-state index contributed by atoms with van der Waals surface area (Å²) in [5.41, 5.74) is 9.20. The van der Waals surface area contributed by atoms with Crippen LogP contribution in [0.2, 0.25) is 5.02 Å². The lowest BCUT2D eigenvalue weighted by Gasteiger charge is -2.14. The van der Waals surface area contributed by atoms with Gasteiger partial charge in [0.25, 0.3) is 0 Å². The van der Waals surface area contributed by atoms with Crippen LogP contribution in [-0.4, -0.2) is 9.97 Å². The molecule has 4 heteroatoms. The van der Waals surface area contributed by atoms with E-state index in [0.29, 0.717) is 16.4 Å². The van der Waals surface area contributed by atoms with Gasteiger partial charge >= 0.3 is 0 Å². The molecule has 0 N–H and O–H groups in total. The zero-order valence-corrected chi connectivity index (χ0v) is 21.7. The highest BCUT2D eigenvalue weighted by Crippen LogP contribution is 2.37. The lowest BCUT2D eigenvalue weighted by molar-refractivity contribution is 1.18. The molecule has 0 aliphatic carbocycles. The minimum Gasteiger partial charge on any atom is -0.228 e. The van der Waals surface area contributed by atoms with E-state index in [4.69, 9.17) is 21.6 Å². The lowest BCUT2D eigenvalue weighted by atomic mass is 9.96. The molecule has 0 fully saturated rings. The van der Waals surface area contributed by atoms with Crippen molar-refractivity contribution >= 4 is 11.6 Å². The summed E-state index contributed by atoms with van der Waals surface area (Å²) in [7, 11) is 0. The second-order valence-corrected chi connectivity index (χ2v) is 9.53. The standard InChI is InChI=1S/C35H22ClN3/c36-32-16-7-6-14-30(32)29-13-4-5-15-31(29)34-22-33(38-35(39-34)27-10-2-1-3-11-27)26-19-17-25(18-20-26)28-12-8-9-24(21-28)23-37/h1-22H. The molecule has 6 aromatic rings. The summed E-state index contributed by atoms with van der Waals surface area (Å²) in [5.74, 6) is 0.655. The molecular weight excluding hydrogens is 498 g/mol. The summed E-state index contributed by atoms with van der Waals surface area (Å²) in [5, 5.41) is 9.97. The molecule has 1 aromatic heterocycles. The van der Waals surface area contributed by atoms with E-state index in [2.05, 4.69) is 42.5 Å². The molecule has 39 heavy (non-hydrogen) atoms. The van der Waals surface area contributed by atoms with Crippen LogP contribution in [0.4, 0.5) is 0 Å². The van der Waals surface area contributed by atoms with Crippen molar-refractivity contribution in [2.24, 2.45) is 0 Å².